The van der Waals surface area contributed by atoms with Crippen LogP contribution in [0.1, 0.15) is 5.82 Å². The van der Waals surface area contributed by atoms with Gasteiger partial charge >= 0.3 is 0 Å². The van der Waals surface area contributed by atoms with Gasteiger partial charge in [-0.05, 0) is 36.4 Å². The van der Waals surface area contributed by atoms with Gasteiger partial charge < -0.3 is 25.1 Å². The maximum atomic E-state index is 5.69. The topological polar surface area (TPSA) is 83.6 Å². The average molecular weight is 495 g/mol. The van der Waals surface area contributed by atoms with Crippen LogP contribution in [-0.2, 0) is 6.42 Å². The van der Waals surface area contributed by atoms with Crippen molar-refractivity contribution < 1.29 is 9.47 Å². The fraction of sp³-hybridized carbons (Fsp3) is 0.300. The molecule has 0 aliphatic carbocycles. The molecule has 0 unspecified atom stereocenters. The number of aromatic nitrogens is 2. The third kappa shape index (κ3) is 6.29. The van der Waals surface area contributed by atoms with Gasteiger partial charge in [0.25, 0.3) is 0 Å². The maximum Gasteiger partial charge on any atom is 0.191 e. The van der Waals surface area contributed by atoms with E-state index in [4.69, 9.17) is 9.47 Å². The number of nitrogens with one attached hydrogen (secondary N) is 3. The van der Waals surface area contributed by atoms with E-state index in [2.05, 4.69) is 25.6 Å². The van der Waals surface area contributed by atoms with Crippen molar-refractivity contribution in [2.24, 2.45) is 4.99 Å². The Morgan fingerprint density at radius 1 is 1.04 bits per heavy atom. The second kappa shape index (κ2) is 11.4. The number of H-pyrrole nitrogens is 1. The van der Waals surface area contributed by atoms with E-state index in [1.807, 2.05) is 48.5 Å². The summed E-state index contributed by atoms with van der Waals surface area (Å²) in [6.07, 6.45) is 0.789. The third-order valence-corrected chi connectivity index (χ3v) is 4.04. The molecule has 0 radical (unpaired) electrons. The molecule has 0 atom stereocenters. The number of nitrogens with zero attached hydrogens (tertiary/aromatic N) is 2. The Kier molecular flexibility index (Phi) is 8.86. The highest BCUT2D eigenvalue weighted by Crippen LogP contribution is 2.16. The number of imidazole rings is 1. The Labute approximate surface area is 182 Å². The second-order valence-corrected chi connectivity index (χ2v) is 5.90. The Hall–Kier alpha value is -2.49. The number of para-hydroxylation sites is 2. The number of halogens is 1. The lowest BCUT2D eigenvalue weighted by molar-refractivity contribution is 0.321. The SMILES string of the molecule is CN=C(NCCOc1ccc(OC)cc1)NCCc1nc2ccccc2[nH]1.I. The number of methoxy groups -OCH3 is 1. The van der Waals surface area contributed by atoms with Gasteiger partial charge in [0.05, 0.1) is 24.7 Å². The number of hydrogen-bond acceptors (Lipinski definition) is 4. The van der Waals surface area contributed by atoms with Gasteiger partial charge in [-0.25, -0.2) is 4.98 Å². The summed E-state index contributed by atoms with van der Waals surface area (Å²) >= 11 is 0. The zero-order valence-electron chi connectivity index (χ0n) is 16.1. The van der Waals surface area contributed by atoms with E-state index in [0.717, 1.165) is 47.3 Å². The van der Waals surface area contributed by atoms with E-state index in [1.54, 1.807) is 14.2 Å². The summed E-state index contributed by atoms with van der Waals surface area (Å²) in [6, 6.07) is 15.6. The summed E-state index contributed by atoms with van der Waals surface area (Å²) in [5.41, 5.74) is 2.05. The van der Waals surface area contributed by atoms with Gasteiger partial charge in [-0.3, -0.25) is 4.99 Å². The molecule has 0 spiro atoms. The van der Waals surface area contributed by atoms with Crippen molar-refractivity contribution in [3.8, 4) is 11.5 Å². The molecule has 0 fully saturated rings. The van der Waals surface area contributed by atoms with Crippen LogP contribution in [0.15, 0.2) is 53.5 Å². The van der Waals surface area contributed by atoms with Crippen LogP contribution < -0.4 is 20.1 Å². The second-order valence-electron chi connectivity index (χ2n) is 5.90. The Morgan fingerprint density at radius 2 is 1.75 bits per heavy atom. The molecule has 150 valence electrons. The minimum absolute atomic E-state index is 0. The van der Waals surface area contributed by atoms with Crippen LogP contribution in [0.4, 0.5) is 0 Å². The first-order valence-electron chi connectivity index (χ1n) is 8.93. The van der Waals surface area contributed by atoms with Gasteiger partial charge in [0.1, 0.15) is 23.9 Å². The van der Waals surface area contributed by atoms with Gasteiger partial charge in [-0.1, -0.05) is 12.1 Å². The molecule has 0 bridgehead atoms. The molecule has 1 heterocycles. The van der Waals surface area contributed by atoms with Crippen molar-refractivity contribution in [2.45, 2.75) is 6.42 Å². The molecule has 28 heavy (non-hydrogen) atoms. The number of fused-ring (bicyclic) bond motifs is 1. The largest absolute Gasteiger partial charge is 0.497 e. The number of aliphatic imine (C=N–C) groups is 1. The summed E-state index contributed by atoms with van der Waals surface area (Å²) in [6.45, 7) is 1.92. The lowest BCUT2D eigenvalue weighted by Gasteiger charge is -2.12. The van der Waals surface area contributed by atoms with Crippen molar-refractivity contribution in [2.75, 3.05) is 33.9 Å². The zero-order chi connectivity index (χ0) is 18.9. The summed E-state index contributed by atoms with van der Waals surface area (Å²) in [5, 5.41) is 6.52. The normalized spacial score (nSPS) is 11.0. The average Bonchev–Trinajstić information content (AvgIpc) is 3.13. The molecule has 3 rings (SSSR count). The molecule has 3 N–H and O–H groups in total. The van der Waals surface area contributed by atoms with Crippen molar-refractivity contribution in [3.63, 3.8) is 0 Å². The Balaban J connectivity index is 0.00000280. The van der Waals surface area contributed by atoms with E-state index in [9.17, 15) is 0 Å². The lowest BCUT2D eigenvalue weighted by Crippen LogP contribution is -2.40. The first-order chi connectivity index (χ1) is 13.3. The van der Waals surface area contributed by atoms with E-state index in [-0.39, 0.29) is 24.0 Å². The van der Waals surface area contributed by atoms with Gasteiger partial charge in [-0.15, -0.1) is 24.0 Å². The molecule has 2 aromatic carbocycles. The van der Waals surface area contributed by atoms with Crippen molar-refractivity contribution in [1.82, 2.24) is 20.6 Å². The van der Waals surface area contributed by atoms with Crippen LogP contribution in [0.2, 0.25) is 0 Å². The molecular formula is C20H26IN5O2. The highest BCUT2D eigenvalue weighted by Gasteiger charge is 2.03. The lowest BCUT2D eigenvalue weighted by atomic mass is 10.3. The van der Waals surface area contributed by atoms with Crippen LogP contribution in [-0.4, -0.2) is 49.8 Å². The van der Waals surface area contributed by atoms with E-state index in [1.165, 1.54) is 0 Å². The summed E-state index contributed by atoms with van der Waals surface area (Å²) in [5.74, 6) is 3.33. The van der Waals surface area contributed by atoms with Gasteiger partial charge in [0.15, 0.2) is 5.96 Å². The van der Waals surface area contributed by atoms with Crippen LogP contribution in [0.25, 0.3) is 11.0 Å². The number of aromatic amines is 1. The smallest absolute Gasteiger partial charge is 0.191 e. The first kappa shape index (κ1) is 21.8. The van der Waals surface area contributed by atoms with E-state index >= 15 is 0 Å². The number of benzene rings is 2. The zero-order valence-corrected chi connectivity index (χ0v) is 18.4. The predicted octanol–water partition coefficient (Wildman–Crippen LogP) is 2.98. The molecule has 1 aromatic heterocycles. The van der Waals surface area contributed by atoms with Crippen molar-refractivity contribution in [1.29, 1.82) is 0 Å². The molecule has 0 saturated heterocycles. The monoisotopic (exact) mass is 495 g/mol. The highest BCUT2D eigenvalue weighted by atomic mass is 127. The van der Waals surface area contributed by atoms with Crippen LogP contribution in [0, 0.1) is 0 Å². The number of guanidine groups is 1. The number of hydrogen-bond donors (Lipinski definition) is 3. The van der Waals surface area contributed by atoms with Crippen LogP contribution in [0.3, 0.4) is 0 Å². The molecule has 0 amide bonds. The Morgan fingerprint density at radius 3 is 2.46 bits per heavy atom. The van der Waals surface area contributed by atoms with E-state index in [0.29, 0.717) is 13.2 Å². The molecule has 3 aromatic rings. The third-order valence-electron chi connectivity index (χ3n) is 4.04. The minimum atomic E-state index is 0. The fourth-order valence-electron chi connectivity index (χ4n) is 2.65. The molecular weight excluding hydrogens is 469 g/mol. The summed E-state index contributed by atoms with van der Waals surface area (Å²) < 4.78 is 10.8. The molecule has 7 nitrogen and oxygen atoms in total. The molecule has 0 aliphatic heterocycles. The fourth-order valence-corrected chi connectivity index (χ4v) is 2.65. The molecule has 8 heteroatoms. The minimum Gasteiger partial charge on any atom is -0.497 e. The quantitative estimate of drug-likeness (QED) is 0.194. The predicted molar refractivity (Wildman–Crippen MR) is 123 cm³/mol. The standard InChI is InChI=1S/C20H25N5O2.HI/c1-21-20(23-13-14-27-16-9-7-15(26-2)8-10-16)22-12-11-19-24-17-5-3-4-6-18(17)25-19;/h3-10H,11-14H2,1-2H3,(H,24,25)(H2,21,22,23);1H. The van der Waals surface area contributed by atoms with Crippen LogP contribution >= 0.6 is 24.0 Å². The van der Waals surface area contributed by atoms with E-state index < -0.39 is 0 Å². The van der Waals surface area contributed by atoms with Gasteiger partial charge in [0, 0.05) is 20.0 Å². The van der Waals surface area contributed by atoms with Gasteiger partial charge in [0.2, 0.25) is 0 Å². The first-order valence-corrected chi connectivity index (χ1v) is 8.93. The number of ether oxygens (including phenoxy) is 2. The number of rotatable bonds is 8. The van der Waals surface area contributed by atoms with Gasteiger partial charge in [-0.2, -0.15) is 0 Å². The molecule has 0 saturated carbocycles. The van der Waals surface area contributed by atoms with Crippen LogP contribution in [0.5, 0.6) is 11.5 Å². The van der Waals surface area contributed by atoms with Crippen molar-refractivity contribution in [3.05, 3.63) is 54.4 Å². The van der Waals surface area contributed by atoms with Crippen molar-refractivity contribution >= 4 is 41.0 Å². The summed E-state index contributed by atoms with van der Waals surface area (Å²) in [7, 11) is 3.40. The summed E-state index contributed by atoms with van der Waals surface area (Å²) in [4.78, 5) is 12.1. The highest BCUT2D eigenvalue weighted by molar-refractivity contribution is 14.0. The maximum absolute atomic E-state index is 5.69. The Bertz CT molecular complexity index is 847. The molecule has 0 aliphatic rings.